The fourth-order valence-corrected chi connectivity index (χ4v) is 2.81. The predicted molar refractivity (Wildman–Crippen MR) is 88.4 cm³/mol. The van der Waals surface area contributed by atoms with Crippen LogP contribution < -0.4 is 0 Å². The Labute approximate surface area is 140 Å². The van der Waals surface area contributed by atoms with Gasteiger partial charge in [-0.05, 0) is 17.2 Å². The fraction of sp³-hybridized carbons (Fsp3) is 0.278. The molecule has 124 valence electrons. The van der Waals surface area contributed by atoms with Crippen LogP contribution in [0.25, 0.3) is 6.08 Å². The van der Waals surface area contributed by atoms with Gasteiger partial charge in [-0.2, -0.15) is 0 Å². The van der Waals surface area contributed by atoms with E-state index in [2.05, 4.69) is 4.98 Å². The molecule has 1 aromatic heterocycles. The van der Waals surface area contributed by atoms with Crippen molar-refractivity contribution in [2.24, 2.45) is 7.05 Å². The summed E-state index contributed by atoms with van der Waals surface area (Å²) in [6.07, 6.45) is 7.16. The van der Waals surface area contributed by atoms with Gasteiger partial charge in [0.25, 0.3) is 0 Å². The van der Waals surface area contributed by atoms with E-state index < -0.39 is 0 Å². The van der Waals surface area contributed by atoms with Crippen LogP contribution in [-0.4, -0.2) is 26.3 Å². The van der Waals surface area contributed by atoms with Crippen molar-refractivity contribution >= 4 is 18.0 Å². The van der Waals surface area contributed by atoms with Crippen molar-refractivity contribution in [3.8, 4) is 0 Å². The average Bonchev–Trinajstić information content (AvgIpc) is 2.98. The van der Waals surface area contributed by atoms with E-state index in [1.54, 1.807) is 28.1 Å². The lowest BCUT2D eigenvalue weighted by molar-refractivity contribution is -0.147. The third kappa shape index (κ3) is 3.22. The molecule has 1 amide bonds. The van der Waals surface area contributed by atoms with Crippen molar-refractivity contribution in [2.45, 2.75) is 26.0 Å². The highest BCUT2D eigenvalue weighted by atomic mass is 16.5. The first-order valence-electron chi connectivity index (χ1n) is 7.74. The number of hydrogen-bond acceptors (Lipinski definition) is 4. The lowest BCUT2D eigenvalue weighted by atomic mass is 9.94. The number of ether oxygens (including phenoxy) is 1. The minimum atomic E-state index is -0.362. The van der Waals surface area contributed by atoms with Gasteiger partial charge in [-0.25, -0.2) is 4.98 Å². The maximum atomic E-state index is 12.3. The molecule has 0 saturated carbocycles. The minimum absolute atomic E-state index is 0.103. The second-order valence-corrected chi connectivity index (χ2v) is 5.71. The largest absolute Gasteiger partial charge is 0.457 e. The zero-order chi connectivity index (χ0) is 17.1. The Kier molecular flexibility index (Phi) is 4.46. The summed E-state index contributed by atoms with van der Waals surface area (Å²) < 4.78 is 7.13. The first-order valence-corrected chi connectivity index (χ1v) is 7.74. The summed E-state index contributed by atoms with van der Waals surface area (Å²) >= 11 is 0. The lowest BCUT2D eigenvalue weighted by Crippen LogP contribution is -2.32. The number of amides is 1. The Morgan fingerprint density at radius 2 is 2.08 bits per heavy atom. The van der Waals surface area contributed by atoms with E-state index in [0.717, 1.165) is 11.1 Å². The van der Waals surface area contributed by atoms with E-state index in [0.29, 0.717) is 5.82 Å². The van der Waals surface area contributed by atoms with Crippen LogP contribution in [0.15, 0.2) is 42.9 Å². The Hall–Kier alpha value is -2.89. The molecule has 0 saturated heterocycles. The van der Waals surface area contributed by atoms with Gasteiger partial charge in [-0.1, -0.05) is 24.3 Å². The number of benzene rings is 1. The summed E-state index contributed by atoms with van der Waals surface area (Å²) in [6.45, 7) is 1.61. The second-order valence-electron chi connectivity index (χ2n) is 5.71. The fourth-order valence-electron chi connectivity index (χ4n) is 2.81. The molecule has 0 spiro atoms. The summed E-state index contributed by atoms with van der Waals surface area (Å²) in [5, 5.41) is 0. The molecule has 0 unspecified atom stereocenters. The van der Waals surface area contributed by atoms with E-state index in [1.165, 1.54) is 6.92 Å². The van der Waals surface area contributed by atoms with Crippen LogP contribution in [0.4, 0.5) is 0 Å². The van der Waals surface area contributed by atoms with E-state index in [1.807, 2.05) is 37.4 Å². The van der Waals surface area contributed by atoms with Crippen molar-refractivity contribution < 1.29 is 14.3 Å². The van der Waals surface area contributed by atoms with Crippen molar-refractivity contribution in [3.63, 3.8) is 0 Å². The third-order valence-corrected chi connectivity index (χ3v) is 4.11. The number of fused-ring (bicyclic) bond motifs is 1. The quantitative estimate of drug-likeness (QED) is 0.810. The van der Waals surface area contributed by atoms with Gasteiger partial charge in [0.05, 0.1) is 12.5 Å². The molecule has 2 aromatic rings. The van der Waals surface area contributed by atoms with E-state index >= 15 is 0 Å². The van der Waals surface area contributed by atoms with Crippen LogP contribution in [0.2, 0.25) is 0 Å². The van der Waals surface area contributed by atoms with Gasteiger partial charge in [-0.15, -0.1) is 0 Å². The molecule has 0 radical (unpaired) electrons. The van der Waals surface area contributed by atoms with Gasteiger partial charge in [0.15, 0.2) is 0 Å². The molecule has 1 atom stereocenters. The molecule has 1 aromatic carbocycles. The van der Waals surface area contributed by atoms with Gasteiger partial charge in [-0.3, -0.25) is 9.59 Å². The van der Waals surface area contributed by atoms with Crippen molar-refractivity contribution in [3.05, 3.63) is 59.8 Å². The molecule has 3 rings (SSSR count). The Morgan fingerprint density at radius 1 is 1.29 bits per heavy atom. The number of rotatable bonds is 4. The van der Waals surface area contributed by atoms with Crippen LogP contribution in [0.5, 0.6) is 0 Å². The topological polar surface area (TPSA) is 64.4 Å². The number of esters is 1. The van der Waals surface area contributed by atoms with Crippen molar-refractivity contribution in [1.29, 1.82) is 0 Å². The van der Waals surface area contributed by atoms with Crippen LogP contribution in [0.3, 0.4) is 0 Å². The standard InChI is InChI=1S/C18H19N3O3/c1-13(22)21-9-7-14-5-3-4-6-15(14)16(21)11-18(23)24-12-17-19-8-10-20(17)2/h3-10,16H,11-12H2,1-2H3/t16-/m1/s1. The monoisotopic (exact) mass is 325 g/mol. The average molecular weight is 325 g/mol. The molecule has 6 heteroatoms. The molecule has 0 N–H and O–H groups in total. The summed E-state index contributed by atoms with van der Waals surface area (Å²) in [5.41, 5.74) is 1.96. The van der Waals surface area contributed by atoms with E-state index in [-0.39, 0.29) is 30.9 Å². The number of hydrogen-bond donors (Lipinski definition) is 0. The summed E-state index contributed by atoms with van der Waals surface area (Å²) in [4.78, 5) is 29.9. The van der Waals surface area contributed by atoms with Crippen molar-refractivity contribution in [2.75, 3.05) is 0 Å². The highest BCUT2D eigenvalue weighted by Crippen LogP contribution is 2.33. The molecule has 0 fully saturated rings. The SMILES string of the molecule is CC(=O)N1C=Cc2ccccc2[C@H]1CC(=O)OCc1nccn1C. The van der Waals surface area contributed by atoms with Gasteiger partial charge >= 0.3 is 5.97 Å². The van der Waals surface area contributed by atoms with Crippen molar-refractivity contribution in [1.82, 2.24) is 14.5 Å². The van der Waals surface area contributed by atoms with Crippen LogP contribution >= 0.6 is 0 Å². The number of carbonyl (C=O) groups is 2. The number of aromatic nitrogens is 2. The molecule has 0 bridgehead atoms. The maximum absolute atomic E-state index is 12.3. The molecule has 2 heterocycles. The number of carbonyl (C=O) groups excluding carboxylic acids is 2. The van der Waals surface area contributed by atoms with Gasteiger partial charge in [0.1, 0.15) is 12.4 Å². The lowest BCUT2D eigenvalue weighted by Gasteiger charge is -2.32. The highest BCUT2D eigenvalue weighted by Gasteiger charge is 2.28. The highest BCUT2D eigenvalue weighted by molar-refractivity contribution is 5.80. The maximum Gasteiger partial charge on any atom is 0.308 e. The summed E-state index contributed by atoms with van der Waals surface area (Å²) in [5.74, 6) is 0.206. The molecular weight excluding hydrogens is 306 g/mol. The second kappa shape index (κ2) is 6.70. The zero-order valence-corrected chi connectivity index (χ0v) is 13.7. The zero-order valence-electron chi connectivity index (χ0n) is 13.7. The van der Waals surface area contributed by atoms with Gasteiger partial charge < -0.3 is 14.2 Å². The number of nitrogens with zero attached hydrogens (tertiary/aromatic N) is 3. The number of aryl methyl sites for hydroxylation is 1. The molecule has 1 aliphatic heterocycles. The predicted octanol–water partition coefficient (Wildman–Crippen LogP) is 2.43. The first-order chi connectivity index (χ1) is 11.6. The molecular formula is C18H19N3O3. The Morgan fingerprint density at radius 3 is 2.79 bits per heavy atom. The number of imidazole rings is 1. The van der Waals surface area contributed by atoms with E-state index in [4.69, 9.17) is 4.74 Å². The molecule has 1 aliphatic rings. The van der Waals surface area contributed by atoms with Gasteiger partial charge in [0, 0.05) is 32.6 Å². The van der Waals surface area contributed by atoms with E-state index in [9.17, 15) is 9.59 Å². The molecule has 0 aliphatic carbocycles. The molecule has 6 nitrogen and oxygen atoms in total. The van der Waals surface area contributed by atoms with Gasteiger partial charge in [0.2, 0.25) is 5.91 Å². The Balaban J connectivity index is 1.73. The minimum Gasteiger partial charge on any atom is -0.457 e. The third-order valence-electron chi connectivity index (χ3n) is 4.11. The van der Waals surface area contributed by atoms with Crippen LogP contribution in [0.1, 0.15) is 36.3 Å². The Bertz CT molecular complexity index is 794. The van der Waals surface area contributed by atoms with Crippen LogP contribution in [-0.2, 0) is 28.0 Å². The van der Waals surface area contributed by atoms with Crippen LogP contribution in [0, 0.1) is 0 Å². The summed E-state index contributed by atoms with van der Waals surface area (Å²) in [6, 6.07) is 7.39. The molecule has 24 heavy (non-hydrogen) atoms. The first kappa shape index (κ1) is 16.0. The normalized spacial score (nSPS) is 15.9. The summed E-state index contributed by atoms with van der Waals surface area (Å²) in [7, 11) is 1.84. The smallest absolute Gasteiger partial charge is 0.308 e.